The van der Waals surface area contributed by atoms with Crippen LogP contribution in [0, 0.1) is 29.1 Å². The van der Waals surface area contributed by atoms with Gasteiger partial charge in [0, 0.05) is 24.9 Å². The molecule has 4 fully saturated rings. The lowest BCUT2D eigenvalue weighted by Crippen LogP contribution is -2.65. The van der Waals surface area contributed by atoms with E-state index in [9.17, 15) is 22.8 Å². The van der Waals surface area contributed by atoms with E-state index in [1.165, 1.54) is 49.9 Å². The number of rotatable bonds is 19. The van der Waals surface area contributed by atoms with Crippen LogP contribution in [0.5, 0.6) is 0 Å². The van der Waals surface area contributed by atoms with Gasteiger partial charge in [-0.3, -0.25) is 14.4 Å². The van der Waals surface area contributed by atoms with Crippen molar-refractivity contribution in [2.45, 2.75) is 141 Å². The molecule has 2 amide bonds. The minimum Gasteiger partial charge on any atom is -0.404 e. The number of sulfonamides is 1. The Morgan fingerprint density at radius 3 is 2.25 bits per heavy atom. The Bertz CT molecular complexity index is 1390. The first-order chi connectivity index (χ1) is 22.6. The summed E-state index contributed by atoms with van der Waals surface area (Å²) >= 11 is 0. The van der Waals surface area contributed by atoms with Crippen LogP contribution in [-0.4, -0.2) is 57.3 Å². The molecule has 1 heterocycles. The number of Topliss-reactive ketones (excluding diaryl/α,β-unsaturated/α-hetero) is 1. The first-order valence-corrected chi connectivity index (χ1v) is 19.7. The molecule has 3 aliphatic carbocycles. The summed E-state index contributed by atoms with van der Waals surface area (Å²) in [6.45, 7) is 13.1. The smallest absolute Gasteiger partial charge is 0.404 e. The van der Waals surface area contributed by atoms with Gasteiger partial charge in [0.1, 0.15) is 5.78 Å². The molecule has 0 aromatic heterocycles. The Morgan fingerprint density at radius 1 is 1.00 bits per heavy atom. The van der Waals surface area contributed by atoms with Gasteiger partial charge in [-0.05, 0) is 80.0 Å². The van der Waals surface area contributed by atoms with Crippen molar-refractivity contribution in [3.63, 3.8) is 0 Å². The third-order valence-corrected chi connectivity index (χ3v) is 12.1. The lowest BCUT2D eigenvalue weighted by Gasteiger charge is -2.64. The van der Waals surface area contributed by atoms with Crippen LogP contribution in [0.15, 0.2) is 29.2 Å². The van der Waals surface area contributed by atoms with Crippen LogP contribution in [-0.2, 0) is 28.9 Å². The molecule has 1 aliphatic heterocycles. The maximum absolute atomic E-state index is 14.0. The van der Waals surface area contributed by atoms with Gasteiger partial charge in [0.2, 0.25) is 15.9 Å². The van der Waals surface area contributed by atoms with E-state index in [4.69, 9.17) is 14.4 Å². The number of ketones is 1. The third-order valence-electron chi connectivity index (χ3n) is 11.2. The minimum atomic E-state index is -3.90. The fourth-order valence-electron chi connectivity index (χ4n) is 8.15. The number of benzene rings is 1. The van der Waals surface area contributed by atoms with Crippen molar-refractivity contribution in [3.05, 3.63) is 29.8 Å². The van der Waals surface area contributed by atoms with E-state index in [1.54, 1.807) is 0 Å². The van der Waals surface area contributed by atoms with Crippen LogP contribution < -0.4 is 15.8 Å². The Morgan fingerprint density at radius 2 is 1.65 bits per heavy atom. The molecule has 5 rings (SSSR count). The number of hydrogen-bond acceptors (Lipinski definition) is 7. The van der Waals surface area contributed by atoms with Gasteiger partial charge in [-0.1, -0.05) is 73.1 Å². The third kappa shape index (κ3) is 9.28. The van der Waals surface area contributed by atoms with Crippen LogP contribution in [0.3, 0.4) is 0 Å². The normalized spacial score (nSPS) is 25.6. The first kappa shape index (κ1) is 38.5. The summed E-state index contributed by atoms with van der Waals surface area (Å²) in [6, 6.07) is 5.27. The number of hydrogen-bond donors (Lipinski definition) is 3. The maximum atomic E-state index is 14.0. The zero-order valence-corrected chi connectivity index (χ0v) is 30.7. The largest absolute Gasteiger partial charge is 0.481 e. The Hall–Kier alpha value is -2.28. The van der Waals surface area contributed by atoms with E-state index >= 15 is 0 Å². The standard InChI is InChI=1S/C36H58BN3O7S/c1-7-8-9-10-11-12-13-14-28(41)20-26(23-39-33(42)25-15-17-29(18-16-25)48(38,44)45)34(43)40-32(19-24(2)3)37-46-31-22-27-21-30(35(27,4)5)36(31,6)47-37/h15-18,24,26-27,30-32H,7-14,19-23H2,1-6H3,(H,39,42)(H,40,43)(H2,38,44,45)/t26-,27+,30+,31+,32-,36-/m0/s1. The number of carbonyl (C=O) groups excluding carboxylic acids is 3. The van der Waals surface area contributed by atoms with Crippen LogP contribution in [0.1, 0.15) is 129 Å². The van der Waals surface area contributed by atoms with Crippen molar-refractivity contribution < 1.29 is 32.1 Å². The van der Waals surface area contributed by atoms with Gasteiger partial charge in [0.25, 0.3) is 5.91 Å². The van der Waals surface area contributed by atoms with Gasteiger partial charge < -0.3 is 19.9 Å². The molecule has 10 nitrogen and oxygen atoms in total. The van der Waals surface area contributed by atoms with E-state index in [2.05, 4.69) is 52.2 Å². The average molecular weight is 688 g/mol. The van der Waals surface area contributed by atoms with Gasteiger partial charge in [0.15, 0.2) is 0 Å². The molecule has 12 heteroatoms. The van der Waals surface area contributed by atoms with E-state index in [-0.39, 0.29) is 52.6 Å². The highest BCUT2D eigenvalue weighted by molar-refractivity contribution is 7.89. The second-order valence-corrected chi connectivity index (χ2v) is 17.2. The molecule has 6 atom stereocenters. The highest BCUT2D eigenvalue weighted by atomic mass is 32.2. The molecular formula is C36H58BN3O7S. The average Bonchev–Trinajstić information content (AvgIpc) is 3.38. The molecule has 268 valence electrons. The summed E-state index contributed by atoms with van der Waals surface area (Å²) in [6.07, 6.45) is 10.7. The molecule has 0 unspecified atom stereocenters. The van der Waals surface area contributed by atoms with E-state index in [0.717, 1.165) is 32.1 Å². The van der Waals surface area contributed by atoms with E-state index < -0.39 is 40.5 Å². The Kier molecular flexibility index (Phi) is 13.0. The zero-order chi connectivity index (χ0) is 35.3. The molecule has 2 bridgehead atoms. The predicted octanol–water partition coefficient (Wildman–Crippen LogP) is 5.58. The van der Waals surface area contributed by atoms with Gasteiger partial charge >= 0.3 is 7.12 Å². The van der Waals surface area contributed by atoms with Crippen molar-refractivity contribution in [3.8, 4) is 0 Å². The summed E-state index contributed by atoms with van der Waals surface area (Å²) in [5, 5.41) is 11.2. The summed E-state index contributed by atoms with van der Waals surface area (Å²) < 4.78 is 36.5. The zero-order valence-electron chi connectivity index (χ0n) is 29.9. The van der Waals surface area contributed by atoms with Crippen molar-refractivity contribution in [2.24, 2.45) is 34.2 Å². The topological polar surface area (TPSA) is 154 Å². The molecule has 3 saturated carbocycles. The highest BCUT2D eigenvalue weighted by Gasteiger charge is 2.68. The Balaban J connectivity index is 1.43. The SMILES string of the molecule is CCCCCCCCCC(=O)C[C@@H](CNC(=O)c1ccc(S(N)(=O)=O)cc1)C(=O)N[C@@H](CC(C)C)B1O[C@@H]2C[C@H]3C[C@H](C3(C)C)[C@]2(C)O1. The van der Waals surface area contributed by atoms with Crippen LogP contribution in [0.4, 0.5) is 0 Å². The summed E-state index contributed by atoms with van der Waals surface area (Å²) in [7, 11) is -4.50. The van der Waals surface area contributed by atoms with E-state index in [1.807, 2.05) is 0 Å². The molecule has 0 spiro atoms. The second-order valence-electron chi connectivity index (χ2n) is 15.7. The van der Waals surface area contributed by atoms with Gasteiger partial charge in [-0.25, -0.2) is 13.6 Å². The van der Waals surface area contributed by atoms with Crippen molar-refractivity contribution in [2.75, 3.05) is 6.54 Å². The quantitative estimate of drug-likeness (QED) is 0.127. The minimum absolute atomic E-state index is 0.00532. The number of nitrogens with one attached hydrogen (secondary N) is 2. The summed E-state index contributed by atoms with van der Waals surface area (Å²) in [5.41, 5.74) is -0.00145. The highest BCUT2D eigenvalue weighted by Crippen LogP contribution is 2.65. The number of amides is 2. The number of unbranched alkanes of at least 4 members (excludes halogenated alkanes) is 6. The lowest BCUT2D eigenvalue weighted by molar-refractivity contribution is -0.199. The molecule has 4 aliphatic rings. The fraction of sp³-hybridized carbons (Fsp3) is 0.750. The van der Waals surface area contributed by atoms with Crippen molar-refractivity contribution >= 4 is 34.7 Å². The molecule has 4 N–H and O–H groups in total. The summed E-state index contributed by atoms with van der Waals surface area (Å²) in [4.78, 5) is 40.1. The number of carbonyl (C=O) groups is 3. The van der Waals surface area contributed by atoms with Gasteiger partial charge in [0.05, 0.1) is 28.5 Å². The molecule has 1 aromatic rings. The van der Waals surface area contributed by atoms with Gasteiger partial charge in [-0.2, -0.15) is 0 Å². The number of nitrogens with two attached hydrogens (primary N) is 1. The van der Waals surface area contributed by atoms with Crippen LogP contribution in [0.25, 0.3) is 0 Å². The number of primary sulfonamides is 1. The van der Waals surface area contributed by atoms with Crippen LogP contribution in [0.2, 0.25) is 0 Å². The predicted molar refractivity (Wildman–Crippen MR) is 187 cm³/mol. The molecule has 0 radical (unpaired) electrons. The Labute approximate surface area is 288 Å². The maximum Gasteiger partial charge on any atom is 0.481 e. The second kappa shape index (κ2) is 16.2. The fourth-order valence-corrected chi connectivity index (χ4v) is 8.66. The summed E-state index contributed by atoms with van der Waals surface area (Å²) in [5.74, 6) is -0.779. The van der Waals surface area contributed by atoms with E-state index in [0.29, 0.717) is 24.7 Å². The van der Waals surface area contributed by atoms with Crippen molar-refractivity contribution in [1.82, 2.24) is 10.6 Å². The molecule has 1 aromatic carbocycles. The molecular weight excluding hydrogens is 629 g/mol. The molecule has 48 heavy (non-hydrogen) atoms. The van der Waals surface area contributed by atoms with Gasteiger partial charge in [-0.15, -0.1) is 0 Å². The molecule has 1 saturated heterocycles. The lowest BCUT2D eigenvalue weighted by atomic mass is 9.43. The van der Waals surface area contributed by atoms with Crippen molar-refractivity contribution in [1.29, 1.82) is 0 Å². The monoisotopic (exact) mass is 687 g/mol. The first-order valence-electron chi connectivity index (χ1n) is 18.1. The van der Waals surface area contributed by atoms with Crippen LogP contribution >= 0.6 is 0 Å².